The monoisotopic (exact) mass is 475 g/mol. The molecule has 2 fully saturated rings. The van der Waals surface area contributed by atoms with Gasteiger partial charge >= 0.3 is 0 Å². The molecule has 0 bridgehead atoms. The largest absolute Gasteiger partial charge is 0.497 e. The van der Waals surface area contributed by atoms with Crippen LogP contribution in [0.5, 0.6) is 5.75 Å². The van der Waals surface area contributed by atoms with Crippen LogP contribution in [0, 0.1) is 0 Å². The first-order chi connectivity index (χ1) is 16.5. The number of benzene rings is 2. The van der Waals surface area contributed by atoms with Gasteiger partial charge in [-0.1, -0.05) is 6.07 Å². The van der Waals surface area contributed by atoms with Crippen LogP contribution in [-0.4, -0.2) is 61.8 Å². The van der Waals surface area contributed by atoms with E-state index in [1.54, 1.807) is 31.4 Å². The van der Waals surface area contributed by atoms with Crippen molar-refractivity contribution in [1.29, 1.82) is 0 Å². The van der Waals surface area contributed by atoms with Crippen LogP contribution in [0.4, 0.5) is 11.4 Å². The highest BCUT2D eigenvalue weighted by atomic mass is 32.1. The Morgan fingerprint density at radius 1 is 0.912 bits per heavy atom. The SMILES string of the molecule is COc1ccc(N2C(=O)C[C@H](N3CCN(c4ccc(C(=O)c5cccs5)cc4)CC3)C2=O)cc1. The molecular formula is C26H25N3O4S. The van der Waals surface area contributed by atoms with Crippen molar-refractivity contribution in [1.82, 2.24) is 4.90 Å². The molecule has 1 atom stereocenters. The van der Waals surface area contributed by atoms with Crippen LogP contribution in [0.15, 0.2) is 66.0 Å². The zero-order valence-electron chi connectivity index (χ0n) is 18.8. The maximum atomic E-state index is 13.1. The molecule has 0 aliphatic carbocycles. The minimum Gasteiger partial charge on any atom is -0.497 e. The van der Waals surface area contributed by atoms with Crippen LogP contribution in [0.1, 0.15) is 21.7 Å². The summed E-state index contributed by atoms with van der Waals surface area (Å²) in [5, 5.41) is 1.90. The Morgan fingerprint density at radius 2 is 1.59 bits per heavy atom. The lowest BCUT2D eigenvalue weighted by Gasteiger charge is -2.38. The highest BCUT2D eigenvalue weighted by Crippen LogP contribution is 2.28. The number of hydrogen-bond acceptors (Lipinski definition) is 7. The van der Waals surface area contributed by atoms with Gasteiger partial charge in [0.15, 0.2) is 0 Å². The van der Waals surface area contributed by atoms with Gasteiger partial charge in [0.25, 0.3) is 5.91 Å². The number of anilines is 2. The number of ether oxygens (including phenoxy) is 1. The quantitative estimate of drug-likeness (QED) is 0.402. The normalized spacial score (nSPS) is 19.0. The van der Waals surface area contributed by atoms with Gasteiger partial charge in [0, 0.05) is 37.4 Å². The lowest BCUT2D eigenvalue weighted by molar-refractivity contribution is -0.123. The van der Waals surface area contributed by atoms with Crippen LogP contribution in [0.3, 0.4) is 0 Å². The van der Waals surface area contributed by atoms with E-state index in [0.29, 0.717) is 30.1 Å². The second-order valence-corrected chi connectivity index (χ2v) is 9.31. The highest BCUT2D eigenvalue weighted by Gasteiger charge is 2.43. The molecule has 3 heterocycles. The van der Waals surface area contributed by atoms with E-state index in [0.717, 1.165) is 23.7 Å². The number of carbonyl (C=O) groups excluding carboxylic acids is 3. The number of hydrogen-bond donors (Lipinski definition) is 0. The third-order valence-electron chi connectivity index (χ3n) is 6.45. The second-order valence-electron chi connectivity index (χ2n) is 8.36. The number of rotatable bonds is 6. The van der Waals surface area contributed by atoms with Crippen molar-refractivity contribution in [2.75, 3.05) is 43.1 Å². The first-order valence-electron chi connectivity index (χ1n) is 11.2. The summed E-state index contributed by atoms with van der Waals surface area (Å²) in [7, 11) is 1.58. The van der Waals surface area contributed by atoms with E-state index in [9.17, 15) is 14.4 Å². The van der Waals surface area contributed by atoms with Gasteiger partial charge in [-0.05, 0) is 60.0 Å². The van der Waals surface area contributed by atoms with Gasteiger partial charge < -0.3 is 9.64 Å². The van der Waals surface area contributed by atoms with Crippen LogP contribution in [0.25, 0.3) is 0 Å². The summed E-state index contributed by atoms with van der Waals surface area (Å²) in [5.74, 6) is 0.380. The summed E-state index contributed by atoms with van der Waals surface area (Å²) in [5.41, 5.74) is 2.31. The summed E-state index contributed by atoms with van der Waals surface area (Å²) in [6.07, 6.45) is 0.199. The molecule has 2 saturated heterocycles. The number of carbonyl (C=O) groups is 3. The third kappa shape index (κ3) is 4.22. The molecule has 2 aliphatic heterocycles. The molecule has 8 heteroatoms. The van der Waals surface area contributed by atoms with E-state index in [4.69, 9.17) is 4.74 Å². The fraction of sp³-hybridized carbons (Fsp3) is 0.269. The minimum absolute atomic E-state index is 0.0391. The van der Waals surface area contributed by atoms with Crippen molar-refractivity contribution >= 4 is 40.3 Å². The maximum Gasteiger partial charge on any atom is 0.251 e. The average molecular weight is 476 g/mol. The van der Waals surface area contributed by atoms with Crippen LogP contribution < -0.4 is 14.5 Å². The molecule has 174 valence electrons. The molecular weight excluding hydrogens is 450 g/mol. The molecule has 34 heavy (non-hydrogen) atoms. The molecule has 2 aliphatic rings. The number of methoxy groups -OCH3 is 1. The molecule has 1 aromatic heterocycles. The van der Waals surface area contributed by atoms with Crippen LogP contribution in [-0.2, 0) is 9.59 Å². The molecule has 0 saturated carbocycles. The molecule has 0 radical (unpaired) electrons. The number of amides is 2. The van der Waals surface area contributed by atoms with Gasteiger partial charge in [-0.25, -0.2) is 4.90 Å². The average Bonchev–Trinajstić information content (AvgIpc) is 3.52. The molecule has 2 amide bonds. The minimum atomic E-state index is -0.428. The summed E-state index contributed by atoms with van der Waals surface area (Å²) in [4.78, 5) is 44.7. The van der Waals surface area contributed by atoms with Crippen molar-refractivity contribution in [3.63, 3.8) is 0 Å². The Bertz CT molecular complexity index is 1180. The molecule has 2 aromatic carbocycles. The zero-order valence-corrected chi connectivity index (χ0v) is 19.7. The number of piperazine rings is 1. The Kier molecular flexibility index (Phi) is 6.17. The summed E-state index contributed by atoms with van der Waals surface area (Å²) in [6, 6.07) is 18.0. The Labute approximate surface area is 202 Å². The molecule has 0 unspecified atom stereocenters. The predicted molar refractivity (Wildman–Crippen MR) is 132 cm³/mol. The summed E-state index contributed by atoms with van der Waals surface area (Å²) < 4.78 is 5.17. The van der Waals surface area contributed by atoms with E-state index < -0.39 is 6.04 Å². The number of thiophene rings is 1. The van der Waals surface area contributed by atoms with Crippen LogP contribution in [0.2, 0.25) is 0 Å². The fourth-order valence-electron chi connectivity index (χ4n) is 4.57. The van der Waals surface area contributed by atoms with Crippen molar-refractivity contribution < 1.29 is 19.1 Å². The standard InChI is InChI=1S/C26H25N3O4S/c1-33-21-10-8-20(9-11-21)29-24(30)17-22(26(29)32)28-14-12-27(13-15-28)19-6-4-18(5-7-19)25(31)23-3-2-16-34-23/h2-11,16,22H,12-15,17H2,1H3/t22-/m0/s1. The van der Waals surface area contributed by atoms with Gasteiger partial charge in [0.2, 0.25) is 11.7 Å². The van der Waals surface area contributed by atoms with E-state index in [1.807, 2.05) is 41.8 Å². The lowest BCUT2D eigenvalue weighted by atomic mass is 10.1. The highest BCUT2D eigenvalue weighted by molar-refractivity contribution is 7.12. The van der Waals surface area contributed by atoms with Gasteiger partial charge in [-0.15, -0.1) is 11.3 Å². The Balaban J connectivity index is 1.21. The smallest absolute Gasteiger partial charge is 0.251 e. The number of nitrogens with zero attached hydrogens (tertiary/aromatic N) is 3. The van der Waals surface area contributed by atoms with E-state index in [1.165, 1.54) is 16.2 Å². The molecule has 0 N–H and O–H groups in total. The summed E-state index contributed by atoms with van der Waals surface area (Å²) >= 11 is 1.44. The first-order valence-corrected chi connectivity index (χ1v) is 12.1. The summed E-state index contributed by atoms with van der Waals surface area (Å²) in [6.45, 7) is 2.88. The van der Waals surface area contributed by atoms with Crippen molar-refractivity contribution in [3.05, 3.63) is 76.5 Å². The van der Waals surface area contributed by atoms with E-state index in [-0.39, 0.29) is 24.0 Å². The second kappa shape index (κ2) is 9.40. The Morgan fingerprint density at radius 3 is 2.21 bits per heavy atom. The van der Waals surface area contributed by atoms with Gasteiger partial charge in [-0.2, -0.15) is 0 Å². The van der Waals surface area contributed by atoms with Gasteiger partial charge in [0.1, 0.15) is 5.75 Å². The fourth-order valence-corrected chi connectivity index (χ4v) is 5.25. The zero-order chi connectivity index (χ0) is 23.7. The van der Waals surface area contributed by atoms with Gasteiger partial charge in [-0.3, -0.25) is 19.3 Å². The van der Waals surface area contributed by atoms with Crippen LogP contribution >= 0.6 is 11.3 Å². The van der Waals surface area contributed by atoms with Gasteiger partial charge in [0.05, 0.1) is 30.1 Å². The van der Waals surface area contributed by atoms with Crippen molar-refractivity contribution in [3.8, 4) is 5.75 Å². The maximum absolute atomic E-state index is 13.1. The molecule has 3 aromatic rings. The van der Waals surface area contributed by atoms with E-state index >= 15 is 0 Å². The predicted octanol–water partition coefficient (Wildman–Crippen LogP) is 3.44. The lowest BCUT2D eigenvalue weighted by Crippen LogP contribution is -2.52. The first kappa shape index (κ1) is 22.3. The topological polar surface area (TPSA) is 70.2 Å². The van der Waals surface area contributed by atoms with Crippen molar-refractivity contribution in [2.24, 2.45) is 0 Å². The molecule has 5 rings (SSSR count). The van der Waals surface area contributed by atoms with E-state index in [2.05, 4.69) is 9.80 Å². The Hall–Kier alpha value is -3.49. The van der Waals surface area contributed by atoms with Crippen molar-refractivity contribution in [2.45, 2.75) is 12.5 Å². The third-order valence-corrected chi connectivity index (χ3v) is 7.32. The number of imide groups is 1. The molecule has 7 nitrogen and oxygen atoms in total. The number of ketones is 1. The molecule has 0 spiro atoms.